The van der Waals surface area contributed by atoms with Crippen molar-refractivity contribution in [1.29, 1.82) is 0 Å². The smallest absolute Gasteiger partial charge is 0.274 e. The molecule has 1 atom stereocenters. The SMILES string of the molecule is CCCn1nc(C(=O)N2CCOCC2)c2c1CCC(NCc1ccco1)C2. The molecule has 1 fully saturated rings. The van der Waals surface area contributed by atoms with Crippen LogP contribution in [0.5, 0.6) is 0 Å². The minimum atomic E-state index is 0.0519. The molecule has 0 spiro atoms. The van der Waals surface area contributed by atoms with E-state index in [0.29, 0.717) is 44.6 Å². The van der Waals surface area contributed by atoms with Crippen molar-refractivity contribution in [2.45, 2.75) is 51.7 Å². The first-order valence-corrected chi connectivity index (χ1v) is 9.97. The van der Waals surface area contributed by atoms with Crippen LogP contribution in [0.25, 0.3) is 0 Å². The average molecular weight is 372 g/mol. The molecule has 2 aromatic rings. The fourth-order valence-electron chi connectivity index (χ4n) is 4.00. The zero-order valence-electron chi connectivity index (χ0n) is 15.9. The van der Waals surface area contributed by atoms with Crippen LogP contribution in [-0.4, -0.2) is 52.9 Å². The van der Waals surface area contributed by atoms with Gasteiger partial charge in [0.05, 0.1) is 26.0 Å². The van der Waals surface area contributed by atoms with Crippen molar-refractivity contribution < 1.29 is 13.9 Å². The van der Waals surface area contributed by atoms with Gasteiger partial charge < -0.3 is 19.4 Å². The van der Waals surface area contributed by atoms with E-state index in [1.54, 1.807) is 6.26 Å². The summed E-state index contributed by atoms with van der Waals surface area (Å²) >= 11 is 0. The fourth-order valence-corrected chi connectivity index (χ4v) is 4.00. The van der Waals surface area contributed by atoms with E-state index in [0.717, 1.165) is 43.6 Å². The van der Waals surface area contributed by atoms with E-state index < -0.39 is 0 Å². The Morgan fingerprint density at radius 1 is 1.37 bits per heavy atom. The number of fused-ring (bicyclic) bond motifs is 1. The van der Waals surface area contributed by atoms with Crippen molar-refractivity contribution >= 4 is 5.91 Å². The van der Waals surface area contributed by atoms with E-state index in [-0.39, 0.29) is 5.91 Å². The van der Waals surface area contributed by atoms with E-state index in [9.17, 15) is 4.79 Å². The molecule has 1 unspecified atom stereocenters. The molecule has 27 heavy (non-hydrogen) atoms. The first-order valence-electron chi connectivity index (χ1n) is 9.97. The summed E-state index contributed by atoms with van der Waals surface area (Å²) in [5.41, 5.74) is 3.01. The number of hydrogen-bond acceptors (Lipinski definition) is 5. The van der Waals surface area contributed by atoms with Crippen LogP contribution in [0.15, 0.2) is 22.8 Å². The molecule has 0 aromatic carbocycles. The number of carbonyl (C=O) groups excluding carboxylic acids is 1. The van der Waals surface area contributed by atoms with Gasteiger partial charge in [-0.25, -0.2) is 0 Å². The van der Waals surface area contributed by atoms with Crippen LogP contribution in [0, 0.1) is 0 Å². The number of rotatable bonds is 6. The number of hydrogen-bond donors (Lipinski definition) is 1. The van der Waals surface area contributed by atoms with Crippen LogP contribution < -0.4 is 5.32 Å². The zero-order chi connectivity index (χ0) is 18.6. The molecule has 7 heteroatoms. The number of nitrogens with zero attached hydrogens (tertiary/aromatic N) is 3. The molecule has 1 amide bonds. The lowest BCUT2D eigenvalue weighted by Gasteiger charge is -2.27. The Kier molecular flexibility index (Phi) is 5.59. The summed E-state index contributed by atoms with van der Waals surface area (Å²) in [4.78, 5) is 15.0. The Hall–Kier alpha value is -2.12. The predicted octanol–water partition coefficient (Wildman–Crippen LogP) is 2.01. The van der Waals surface area contributed by atoms with E-state index in [2.05, 4.69) is 16.9 Å². The summed E-state index contributed by atoms with van der Waals surface area (Å²) in [5.74, 6) is 0.989. The van der Waals surface area contributed by atoms with Gasteiger partial charge in [-0.1, -0.05) is 6.92 Å². The minimum Gasteiger partial charge on any atom is -0.468 e. The molecule has 0 saturated carbocycles. The van der Waals surface area contributed by atoms with Gasteiger partial charge in [0, 0.05) is 36.9 Å². The molecule has 1 aliphatic carbocycles. The molecule has 0 bridgehead atoms. The highest BCUT2D eigenvalue weighted by atomic mass is 16.5. The van der Waals surface area contributed by atoms with Gasteiger partial charge in [-0.05, 0) is 37.8 Å². The van der Waals surface area contributed by atoms with Crippen LogP contribution in [0.4, 0.5) is 0 Å². The van der Waals surface area contributed by atoms with Gasteiger partial charge in [0.1, 0.15) is 5.76 Å². The maximum Gasteiger partial charge on any atom is 0.274 e. The predicted molar refractivity (Wildman–Crippen MR) is 101 cm³/mol. The van der Waals surface area contributed by atoms with Gasteiger partial charge in [0.15, 0.2) is 5.69 Å². The van der Waals surface area contributed by atoms with Crippen LogP contribution in [-0.2, 0) is 30.7 Å². The van der Waals surface area contributed by atoms with Crippen molar-refractivity contribution in [3.05, 3.63) is 41.1 Å². The summed E-state index contributed by atoms with van der Waals surface area (Å²) in [6.45, 7) is 6.23. The Labute approximate surface area is 159 Å². The maximum atomic E-state index is 13.1. The number of aromatic nitrogens is 2. The highest BCUT2D eigenvalue weighted by Crippen LogP contribution is 2.26. The normalized spacial score (nSPS) is 19.9. The number of aryl methyl sites for hydroxylation is 1. The van der Waals surface area contributed by atoms with Crippen LogP contribution >= 0.6 is 0 Å². The number of ether oxygens (including phenoxy) is 1. The Balaban J connectivity index is 1.53. The molecule has 0 radical (unpaired) electrons. The first-order chi connectivity index (χ1) is 13.3. The van der Waals surface area contributed by atoms with Crippen LogP contribution in [0.3, 0.4) is 0 Å². The lowest BCUT2D eigenvalue weighted by atomic mass is 9.91. The van der Waals surface area contributed by atoms with Crippen molar-refractivity contribution in [2.75, 3.05) is 26.3 Å². The van der Waals surface area contributed by atoms with E-state index in [4.69, 9.17) is 14.3 Å². The minimum absolute atomic E-state index is 0.0519. The first kappa shape index (κ1) is 18.3. The molecule has 1 aliphatic heterocycles. The lowest BCUT2D eigenvalue weighted by Crippen LogP contribution is -2.41. The molecule has 146 valence electrons. The van der Waals surface area contributed by atoms with Gasteiger partial charge in [0.2, 0.25) is 0 Å². The summed E-state index contributed by atoms with van der Waals surface area (Å²) in [6.07, 6.45) is 5.55. The molecule has 1 saturated heterocycles. The summed E-state index contributed by atoms with van der Waals surface area (Å²) < 4.78 is 12.9. The van der Waals surface area contributed by atoms with E-state index in [1.807, 2.05) is 17.0 Å². The van der Waals surface area contributed by atoms with Crippen LogP contribution in [0.1, 0.15) is 47.3 Å². The number of amides is 1. The molecular formula is C20H28N4O3. The second kappa shape index (κ2) is 8.27. The average Bonchev–Trinajstić information content (AvgIpc) is 3.35. The number of morpholine rings is 1. The molecule has 7 nitrogen and oxygen atoms in total. The largest absolute Gasteiger partial charge is 0.468 e. The highest BCUT2D eigenvalue weighted by molar-refractivity contribution is 5.94. The third kappa shape index (κ3) is 3.94. The van der Waals surface area contributed by atoms with Crippen molar-refractivity contribution in [3.8, 4) is 0 Å². The summed E-state index contributed by atoms with van der Waals surface area (Å²) in [5, 5.41) is 8.32. The number of carbonyl (C=O) groups is 1. The lowest BCUT2D eigenvalue weighted by molar-refractivity contribution is 0.0297. The molecule has 3 heterocycles. The van der Waals surface area contributed by atoms with Gasteiger partial charge in [-0.15, -0.1) is 0 Å². The third-order valence-electron chi connectivity index (χ3n) is 5.43. The fraction of sp³-hybridized carbons (Fsp3) is 0.600. The van der Waals surface area contributed by atoms with E-state index in [1.165, 1.54) is 5.69 Å². The summed E-state index contributed by atoms with van der Waals surface area (Å²) in [6, 6.07) is 4.22. The van der Waals surface area contributed by atoms with Crippen molar-refractivity contribution in [3.63, 3.8) is 0 Å². The molecular weight excluding hydrogens is 344 g/mol. The molecule has 2 aromatic heterocycles. The monoisotopic (exact) mass is 372 g/mol. The van der Waals surface area contributed by atoms with Gasteiger partial charge >= 0.3 is 0 Å². The summed E-state index contributed by atoms with van der Waals surface area (Å²) in [7, 11) is 0. The van der Waals surface area contributed by atoms with Gasteiger partial charge in [0.25, 0.3) is 5.91 Å². The maximum absolute atomic E-state index is 13.1. The number of furan rings is 1. The Bertz CT molecular complexity index is 763. The standard InChI is InChI=1S/C20H28N4O3/c1-2-7-24-18-6-5-15(21-14-16-4-3-10-27-16)13-17(18)19(22-24)20(25)23-8-11-26-12-9-23/h3-4,10,15,21H,2,5-9,11-14H2,1H3. The van der Waals surface area contributed by atoms with Gasteiger partial charge in [-0.2, -0.15) is 5.10 Å². The molecule has 2 aliphatic rings. The Morgan fingerprint density at radius 3 is 2.96 bits per heavy atom. The molecule has 1 N–H and O–H groups in total. The van der Waals surface area contributed by atoms with Crippen LogP contribution in [0.2, 0.25) is 0 Å². The quantitative estimate of drug-likeness (QED) is 0.840. The number of nitrogens with one attached hydrogen (secondary N) is 1. The Morgan fingerprint density at radius 2 is 2.22 bits per heavy atom. The van der Waals surface area contributed by atoms with Crippen molar-refractivity contribution in [1.82, 2.24) is 20.0 Å². The zero-order valence-corrected chi connectivity index (χ0v) is 15.9. The highest BCUT2D eigenvalue weighted by Gasteiger charge is 2.31. The third-order valence-corrected chi connectivity index (χ3v) is 5.43. The second-order valence-corrected chi connectivity index (χ2v) is 7.30. The topological polar surface area (TPSA) is 72.5 Å². The van der Waals surface area contributed by atoms with Crippen molar-refractivity contribution in [2.24, 2.45) is 0 Å². The van der Waals surface area contributed by atoms with Gasteiger partial charge in [-0.3, -0.25) is 9.48 Å². The second-order valence-electron chi connectivity index (χ2n) is 7.30. The molecule has 4 rings (SSSR count). The van der Waals surface area contributed by atoms with E-state index >= 15 is 0 Å².